The largest absolute Gasteiger partial charge is 0.493 e. The number of aliphatic carboxylic acids is 1. The molecule has 7 heteroatoms. The minimum Gasteiger partial charge on any atom is -0.493 e. The number of thioether (sulfide) groups is 1. The summed E-state index contributed by atoms with van der Waals surface area (Å²) in [5.41, 5.74) is 0. The average molecular weight is 318 g/mol. The Morgan fingerprint density at radius 3 is 2.85 bits per heavy atom. The Morgan fingerprint density at radius 2 is 2.25 bits per heavy atom. The highest BCUT2D eigenvalue weighted by Crippen LogP contribution is 2.17. The molecule has 0 heterocycles. The zero-order valence-corrected chi connectivity index (χ0v) is 12.5. The van der Waals surface area contributed by atoms with E-state index in [0.29, 0.717) is 28.9 Å². The van der Waals surface area contributed by atoms with Crippen LogP contribution in [0, 0.1) is 0 Å². The van der Waals surface area contributed by atoms with Crippen LogP contribution in [0.3, 0.4) is 0 Å². The molecule has 5 nitrogen and oxygen atoms in total. The Balaban J connectivity index is 2.23. The fourth-order valence-corrected chi connectivity index (χ4v) is 2.41. The monoisotopic (exact) mass is 317 g/mol. The van der Waals surface area contributed by atoms with Crippen molar-refractivity contribution in [3.05, 3.63) is 29.3 Å². The van der Waals surface area contributed by atoms with Crippen molar-refractivity contribution in [2.24, 2.45) is 0 Å². The van der Waals surface area contributed by atoms with Crippen LogP contribution in [-0.4, -0.2) is 41.1 Å². The van der Waals surface area contributed by atoms with Crippen LogP contribution in [0.2, 0.25) is 5.02 Å². The number of rotatable bonds is 8. The molecule has 0 fully saturated rings. The molecule has 0 bridgehead atoms. The van der Waals surface area contributed by atoms with Crippen molar-refractivity contribution < 1.29 is 19.4 Å². The summed E-state index contributed by atoms with van der Waals surface area (Å²) in [6.07, 6.45) is 0. The quantitative estimate of drug-likeness (QED) is 0.718. The van der Waals surface area contributed by atoms with E-state index >= 15 is 0 Å². The fraction of sp³-hybridized carbons (Fsp3) is 0.385. The van der Waals surface area contributed by atoms with E-state index < -0.39 is 12.0 Å². The lowest BCUT2D eigenvalue weighted by molar-refractivity contribution is -0.140. The van der Waals surface area contributed by atoms with E-state index in [-0.39, 0.29) is 5.91 Å². The van der Waals surface area contributed by atoms with Gasteiger partial charge in [-0.25, -0.2) is 4.79 Å². The van der Waals surface area contributed by atoms with E-state index in [2.05, 4.69) is 5.32 Å². The van der Waals surface area contributed by atoms with Crippen LogP contribution in [0.25, 0.3) is 0 Å². The highest BCUT2D eigenvalue weighted by molar-refractivity contribution is 7.99. The predicted molar refractivity (Wildman–Crippen MR) is 79.5 cm³/mol. The van der Waals surface area contributed by atoms with Crippen LogP contribution in [-0.2, 0) is 9.59 Å². The summed E-state index contributed by atoms with van der Waals surface area (Å²) in [4.78, 5) is 21.7. The summed E-state index contributed by atoms with van der Waals surface area (Å²) < 4.78 is 5.47. The smallest absolute Gasteiger partial charge is 0.327 e. The molecular formula is C13H16ClNO4S. The molecule has 0 unspecified atom stereocenters. The number of carbonyl (C=O) groups is 2. The SMILES string of the molecule is CC(=O)N[C@@H](CSCCOc1cccc(Cl)c1)C(=O)O. The van der Waals surface area contributed by atoms with Gasteiger partial charge in [0.1, 0.15) is 11.8 Å². The normalized spacial score (nSPS) is 11.7. The Labute approximate surface area is 126 Å². The zero-order chi connectivity index (χ0) is 15.0. The lowest BCUT2D eigenvalue weighted by Crippen LogP contribution is -2.41. The molecule has 0 spiro atoms. The van der Waals surface area contributed by atoms with Gasteiger partial charge in [-0.2, -0.15) is 11.8 Å². The van der Waals surface area contributed by atoms with Crippen molar-refractivity contribution in [3.63, 3.8) is 0 Å². The molecule has 1 atom stereocenters. The first-order valence-electron chi connectivity index (χ1n) is 5.95. The van der Waals surface area contributed by atoms with Gasteiger partial charge in [0.05, 0.1) is 6.61 Å². The summed E-state index contributed by atoms with van der Waals surface area (Å²) >= 11 is 7.22. The molecule has 1 rings (SSSR count). The van der Waals surface area contributed by atoms with Gasteiger partial charge in [-0.15, -0.1) is 0 Å². The maximum atomic E-state index is 10.9. The van der Waals surface area contributed by atoms with Crippen LogP contribution in [0.5, 0.6) is 5.75 Å². The minimum atomic E-state index is -1.04. The van der Waals surface area contributed by atoms with Crippen molar-refractivity contribution in [2.75, 3.05) is 18.1 Å². The molecule has 1 aromatic rings. The van der Waals surface area contributed by atoms with E-state index in [0.717, 1.165) is 0 Å². The average Bonchev–Trinajstić information content (AvgIpc) is 2.36. The van der Waals surface area contributed by atoms with Crippen LogP contribution in [0.4, 0.5) is 0 Å². The molecule has 110 valence electrons. The van der Waals surface area contributed by atoms with E-state index in [1.54, 1.807) is 24.3 Å². The van der Waals surface area contributed by atoms with Crippen LogP contribution < -0.4 is 10.1 Å². The highest BCUT2D eigenvalue weighted by atomic mass is 35.5. The second-order valence-corrected chi connectivity index (χ2v) is 5.56. The van der Waals surface area contributed by atoms with Gasteiger partial charge >= 0.3 is 5.97 Å². The summed E-state index contributed by atoms with van der Waals surface area (Å²) in [5.74, 6) is 0.204. The molecule has 0 saturated carbocycles. The first-order valence-corrected chi connectivity index (χ1v) is 7.48. The number of hydrogen-bond donors (Lipinski definition) is 2. The summed E-state index contributed by atoms with van der Waals surface area (Å²) in [5, 5.41) is 11.9. The Morgan fingerprint density at radius 1 is 1.50 bits per heavy atom. The van der Waals surface area contributed by atoms with Crippen LogP contribution in [0.1, 0.15) is 6.92 Å². The van der Waals surface area contributed by atoms with E-state index in [1.165, 1.54) is 18.7 Å². The van der Waals surface area contributed by atoms with Gasteiger partial charge in [-0.1, -0.05) is 17.7 Å². The lowest BCUT2D eigenvalue weighted by Gasteiger charge is -2.12. The van der Waals surface area contributed by atoms with Crippen molar-refractivity contribution in [2.45, 2.75) is 13.0 Å². The molecule has 1 amide bonds. The molecule has 0 aliphatic rings. The Kier molecular flexibility index (Phi) is 7.25. The number of nitrogens with one attached hydrogen (secondary N) is 1. The van der Waals surface area contributed by atoms with E-state index in [1.807, 2.05) is 0 Å². The Hall–Kier alpha value is -1.40. The standard InChI is InChI=1S/C13H16ClNO4S/c1-9(16)15-12(13(17)18)8-20-6-5-19-11-4-2-3-10(14)7-11/h2-4,7,12H,5-6,8H2,1H3,(H,15,16)(H,17,18)/t12-/m0/s1. The third kappa shape index (κ3) is 6.68. The number of halogens is 1. The van der Waals surface area contributed by atoms with Crippen molar-refractivity contribution in [1.82, 2.24) is 5.32 Å². The fourth-order valence-electron chi connectivity index (χ4n) is 1.40. The van der Waals surface area contributed by atoms with Crippen LogP contribution >= 0.6 is 23.4 Å². The van der Waals surface area contributed by atoms with Gasteiger partial charge in [-0.05, 0) is 18.2 Å². The maximum Gasteiger partial charge on any atom is 0.327 e. The van der Waals surface area contributed by atoms with E-state index in [9.17, 15) is 9.59 Å². The summed E-state index contributed by atoms with van der Waals surface area (Å²) in [7, 11) is 0. The van der Waals surface area contributed by atoms with Gasteiger partial charge in [0.2, 0.25) is 5.91 Å². The number of carbonyl (C=O) groups excluding carboxylic acids is 1. The molecule has 2 N–H and O–H groups in total. The number of carboxylic acids is 1. The van der Waals surface area contributed by atoms with E-state index in [4.69, 9.17) is 21.4 Å². The minimum absolute atomic E-state index is 0.299. The van der Waals surface area contributed by atoms with Crippen molar-refractivity contribution >= 4 is 35.2 Å². The lowest BCUT2D eigenvalue weighted by atomic mass is 10.3. The topological polar surface area (TPSA) is 75.6 Å². The number of benzene rings is 1. The molecule has 0 aliphatic heterocycles. The Bertz CT molecular complexity index is 469. The number of hydrogen-bond acceptors (Lipinski definition) is 4. The van der Waals surface area contributed by atoms with Gasteiger partial charge in [0, 0.05) is 23.5 Å². The van der Waals surface area contributed by atoms with Crippen LogP contribution in [0.15, 0.2) is 24.3 Å². The maximum absolute atomic E-state index is 10.9. The second-order valence-electron chi connectivity index (χ2n) is 3.97. The second kappa shape index (κ2) is 8.71. The van der Waals surface area contributed by atoms with Crippen molar-refractivity contribution in [3.8, 4) is 5.75 Å². The first kappa shape index (κ1) is 16.7. The summed E-state index contributed by atoms with van der Waals surface area (Å²) in [6, 6.07) is 6.19. The van der Waals surface area contributed by atoms with Crippen molar-refractivity contribution in [1.29, 1.82) is 0 Å². The van der Waals surface area contributed by atoms with Gasteiger partial charge in [0.15, 0.2) is 0 Å². The molecule has 0 radical (unpaired) electrons. The molecule has 0 aromatic heterocycles. The number of amides is 1. The zero-order valence-electron chi connectivity index (χ0n) is 11.0. The third-order valence-electron chi connectivity index (χ3n) is 2.25. The predicted octanol–water partition coefficient (Wildman–Crippen LogP) is 2.04. The molecule has 1 aromatic carbocycles. The summed E-state index contributed by atoms with van der Waals surface area (Å²) in [6.45, 7) is 1.74. The third-order valence-corrected chi connectivity index (χ3v) is 3.51. The number of carboxylic acid groups (broad SMARTS) is 1. The van der Waals surface area contributed by atoms with Gasteiger partial charge < -0.3 is 15.2 Å². The first-order chi connectivity index (χ1) is 9.49. The molecule has 20 heavy (non-hydrogen) atoms. The molecular weight excluding hydrogens is 302 g/mol. The van der Waals surface area contributed by atoms with Gasteiger partial charge in [0.25, 0.3) is 0 Å². The number of ether oxygens (including phenoxy) is 1. The highest BCUT2D eigenvalue weighted by Gasteiger charge is 2.17. The molecule has 0 saturated heterocycles. The molecule has 0 aliphatic carbocycles. The van der Waals surface area contributed by atoms with Gasteiger partial charge in [-0.3, -0.25) is 4.79 Å².